The highest BCUT2D eigenvalue weighted by molar-refractivity contribution is 7.22. The first-order valence-electron chi connectivity index (χ1n) is 8.90. The summed E-state index contributed by atoms with van der Waals surface area (Å²) in [5.41, 5.74) is 3.79. The predicted octanol–water partition coefficient (Wildman–Crippen LogP) is 5.72. The summed E-state index contributed by atoms with van der Waals surface area (Å²) in [5, 5.41) is 5.44. The van der Waals surface area contributed by atoms with E-state index < -0.39 is 0 Å². The van der Waals surface area contributed by atoms with Gasteiger partial charge in [0.1, 0.15) is 5.75 Å². The van der Waals surface area contributed by atoms with Crippen molar-refractivity contribution < 1.29 is 9.53 Å². The minimum atomic E-state index is -0.205. The van der Waals surface area contributed by atoms with Gasteiger partial charge in [-0.05, 0) is 54.8 Å². The number of nitrogens with zero attached hydrogens (tertiary/aromatic N) is 1. The lowest BCUT2D eigenvalue weighted by Crippen LogP contribution is -2.14. The summed E-state index contributed by atoms with van der Waals surface area (Å²) in [5.74, 6) is 0.380. The number of nitrogens with one attached hydrogen (secondary N) is 1. The van der Waals surface area contributed by atoms with Gasteiger partial charge in [0.05, 0.1) is 22.4 Å². The Labute approximate surface area is 161 Å². The molecule has 4 nitrogen and oxygen atoms in total. The van der Waals surface area contributed by atoms with Gasteiger partial charge in [-0.15, -0.1) is 0 Å². The van der Waals surface area contributed by atoms with Crippen molar-refractivity contribution in [1.82, 2.24) is 4.98 Å². The van der Waals surface area contributed by atoms with Crippen LogP contribution in [0, 0.1) is 13.8 Å². The van der Waals surface area contributed by atoms with Crippen LogP contribution in [0.1, 0.15) is 28.4 Å². The van der Waals surface area contributed by atoms with Crippen LogP contribution in [0.4, 0.5) is 5.13 Å². The smallest absolute Gasteiger partial charge is 0.261 e. The zero-order chi connectivity index (χ0) is 19.0. The third-order valence-electron chi connectivity index (χ3n) is 4.46. The van der Waals surface area contributed by atoms with Crippen LogP contribution >= 0.6 is 11.3 Å². The molecule has 1 N–H and O–H groups in total. The zero-order valence-electron chi connectivity index (χ0n) is 15.5. The first-order valence-corrected chi connectivity index (χ1v) is 9.72. The van der Waals surface area contributed by atoms with Gasteiger partial charge in [0.2, 0.25) is 0 Å². The molecule has 0 radical (unpaired) electrons. The van der Waals surface area contributed by atoms with Crippen molar-refractivity contribution >= 4 is 43.4 Å². The van der Waals surface area contributed by atoms with E-state index in [1.165, 1.54) is 16.9 Å². The van der Waals surface area contributed by atoms with Crippen LogP contribution in [0.2, 0.25) is 0 Å². The Morgan fingerprint density at radius 2 is 1.96 bits per heavy atom. The first-order chi connectivity index (χ1) is 13.1. The Hall–Kier alpha value is -2.92. The van der Waals surface area contributed by atoms with Crippen molar-refractivity contribution in [2.75, 3.05) is 11.9 Å². The van der Waals surface area contributed by atoms with Crippen LogP contribution in [0.3, 0.4) is 0 Å². The molecule has 27 heavy (non-hydrogen) atoms. The first kappa shape index (κ1) is 17.5. The van der Waals surface area contributed by atoms with E-state index in [2.05, 4.69) is 30.2 Å². The number of ether oxygens (including phenoxy) is 1. The van der Waals surface area contributed by atoms with Crippen LogP contribution in [-0.2, 0) is 0 Å². The van der Waals surface area contributed by atoms with Crippen molar-refractivity contribution in [2.45, 2.75) is 20.8 Å². The summed E-state index contributed by atoms with van der Waals surface area (Å²) in [6.07, 6.45) is 0. The van der Waals surface area contributed by atoms with E-state index in [-0.39, 0.29) is 5.91 Å². The highest BCUT2D eigenvalue weighted by atomic mass is 32.1. The second kappa shape index (κ2) is 7.00. The van der Waals surface area contributed by atoms with Gasteiger partial charge in [-0.3, -0.25) is 10.1 Å². The van der Waals surface area contributed by atoms with Gasteiger partial charge in [-0.1, -0.05) is 47.7 Å². The molecule has 3 aromatic carbocycles. The van der Waals surface area contributed by atoms with Gasteiger partial charge >= 0.3 is 0 Å². The summed E-state index contributed by atoms with van der Waals surface area (Å²) in [6.45, 7) is 6.53. The van der Waals surface area contributed by atoms with Gasteiger partial charge < -0.3 is 4.74 Å². The van der Waals surface area contributed by atoms with Gasteiger partial charge in [0.25, 0.3) is 5.91 Å². The highest BCUT2D eigenvalue weighted by Crippen LogP contribution is 2.32. The highest BCUT2D eigenvalue weighted by Gasteiger charge is 2.18. The predicted molar refractivity (Wildman–Crippen MR) is 112 cm³/mol. The van der Waals surface area contributed by atoms with Crippen molar-refractivity contribution in [3.8, 4) is 5.75 Å². The molecule has 1 amide bonds. The lowest BCUT2D eigenvalue weighted by Gasteiger charge is -2.12. The van der Waals surface area contributed by atoms with E-state index in [0.29, 0.717) is 23.1 Å². The SMILES string of the molecule is CCOc1ccc2ccccc2c1C(=O)Nc1nc2cc(C)cc(C)c2s1. The van der Waals surface area contributed by atoms with E-state index in [4.69, 9.17) is 4.74 Å². The number of carbonyl (C=O) groups is 1. The van der Waals surface area contributed by atoms with Gasteiger partial charge in [-0.25, -0.2) is 4.98 Å². The number of rotatable bonds is 4. The van der Waals surface area contributed by atoms with Gasteiger partial charge in [0.15, 0.2) is 5.13 Å². The molecule has 0 bridgehead atoms. The third-order valence-corrected chi connectivity index (χ3v) is 5.58. The molecule has 0 fully saturated rings. The monoisotopic (exact) mass is 376 g/mol. The van der Waals surface area contributed by atoms with E-state index >= 15 is 0 Å². The number of anilines is 1. The number of thiazole rings is 1. The molecule has 1 aromatic heterocycles. The summed E-state index contributed by atoms with van der Waals surface area (Å²) in [4.78, 5) is 17.7. The number of aryl methyl sites for hydroxylation is 2. The molecule has 0 saturated carbocycles. The molecule has 0 atom stereocenters. The van der Waals surface area contributed by atoms with Crippen LogP contribution in [-0.4, -0.2) is 17.5 Å². The number of hydrogen-bond acceptors (Lipinski definition) is 4. The normalized spacial score (nSPS) is 11.1. The Morgan fingerprint density at radius 3 is 2.78 bits per heavy atom. The average Bonchev–Trinajstić information content (AvgIpc) is 3.04. The summed E-state index contributed by atoms with van der Waals surface area (Å²) < 4.78 is 6.82. The van der Waals surface area contributed by atoms with Crippen LogP contribution < -0.4 is 10.1 Å². The van der Waals surface area contributed by atoms with Crippen LogP contribution in [0.5, 0.6) is 5.75 Å². The number of amides is 1. The Balaban J connectivity index is 1.77. The maximum atomic E-state index is 13.1. The fourth-order valence-electron chi connectivity index (χ4n) is 3.35. The fraction of sp³-hybridized carbons (Fsp3) is 0.182. The van der Waals surface area contributed by atoms with E-state index in [9.17, 15) is 4.79 Å². The molecule has 0 spiro atoms. The molecule has 0 saturated heterocycles. The maximum absolute atomic E-state index is 13.1. The van der Waals surface area contributed by atoms with Crippen molar-refractivity contribution in [2.24, 2.45) is 0 Å². The molecule has 5 heteroatoms. The lowest BCUT2D eigenvalue weighted by molar-refractivity contribution is 0.102. The van der Waals surface area contributed by atoms with Crippen LogP contribution in [0.15, 0.2) is 48.5 Å². The molecular weight excluding hydrogens is 356 g/mol. The minimum Gasteiger partial charge on any atom is -0.493 e. The molecule has 0 aliphatic carbocycles. The molecule has 4 rings (SSSR count). The second-order valence-corrected chi connectivity index (χ2v) is 7.50. The van der Waals surface area contributed by atoms with Crippen molar-refractivity contribution in [3.05, 3.63) is 65.2 Å². The largest absolute Gasteiger partial charge is 0.493 e. The van der Waals surface area contributed by atoms with E-state index in [1.54, 1.807) is 0 Å². The molecule has 136 valence electrons. The quantitative estimate of drug-likeness (QED) is 0.496. The molecular formula is C22H20N2O2S. The molecule has 0 unspecified atom stereocenters. The topological polar surface area (TPSA) is 51.2 Å². The summed E-state index contributed by atoms with van der Waals surface area (Å²) in [7, 11) is 0. The average molecular weight is 376 g/mol. The Kier molecular flexibility index (Phi) is 4.54. The van der Waals surface area contributed by atoms with Crippen LogP contribution in [0.25, 0.3) is 21.0 Å². The molecule has 0 aliphatic heterocycles. The standard InChI is InChI=1S/C22H20N2O2S/c1-4-26-18-10-9-15-7-5-6-8-16(15)19(18)21(25)24-22-23-17-12-13(2)11-14(3)20(17)27-22/h5-12H,4H2,1-3H3,(H,23,24,25). The maximum Gasteiger partial charge on any atom is 0.261 e. The van der Waals surface area contributed by atoms with E-state index in [0.717, 1.165) is 26.6 Å². The summed E-state index contributed by atoms with van der Waals surface area (Å²) in [6, 6.07) is 15.8. The number of carbonyl (C=O) groups excluding carboxylic acids is 1. The fourth-order valence-corrected chi connectivity index (χ4v) is 4.26. The van der Waals surface area contributed by atoms with Gasteiger partial charge in [0, 0.05) is 0 Å². The molecule has 0 aliphatic rings. The summed E-state index contributed by atoms with van der Waals surface area (Å²) >= 11 is 1.50. The number of hydrogen-bond donors (Lipinski definition) is 1. The van der Waals surface area contributed by atoms with E-state index in [1.807, 2.05) is 49.4 Å². The molecule has 1 heterocycles. The van der Waals surface area contributed by atoms with Crippen molar-refractivity contribution in [3.63, 3.8) is 0 Å². The number of fused-ring (bicyclic) bond motifs is 2. The Morgan fingerprint density at radius 1 is 1.15 bits per heavy atom. The third kappa shape index (κ3) is 3.26. The zero-order valence-corrected chi connectivity index (χ0v) is 16.3. The number of aromatic nitrogens is 1. The second-order valence-electron chi connectivity index (χ2n) is 6.50. The van der Waals surface area contributed by atoms with Gasteiger partial charge in [-0.2, -0.15) is 0 Å². The number of benzene rings is 3. The lowest BCUT2D eigenvalue weighted by atomic mass is 10.0. The Bertz CT molecular complexity index is 1160. The molecule has 4 aromatic rings. The van der Waals surface area contributed by atoms with Crippen molar-refractivity contribution in [1.29, 1.82) is 0 Å². The minimum absolute atomic E-state index is 0.205.